The maximum Gasteiger partial charge on any atom is 0.242 e. The van der Waals surface area contributed by atoms with Gasteiger partial charge in [-0.2, -0.15) is 0 Å². The highest BCUT2D eigenvalue weighted by Gasteiger charge is 2.18. The topological polar surface area (TPSA) is 40.6 Å². The number of rotatable bonds is 7. The van der Waals surface area contributed by atoms with Gasteiger partial charge in [0.2, 0.25) is 11.8 Å². The molecular weight excluding hydrogens is 336 g/mol. The van der Waals surface area contributed by atoms with E-state index >= 15 is 0 Å². The van der Waals surface area contributed by atoms with E-state index in [9.17, 15) is 9.59 Å². The molecule has 2 aromatic rings. The van der Waals surface area contributed by atoms with Crippen LogP contribution in [0.5, 0.6) is 0 Å². The zero-order chi connectivity index (χ0) is 18.2. The lowest BCUT2D eigenvalue weighted by Gasteiger charge is -2.26. The number of likely N-dealkylation sites (N-methyl/N-ethyl adjacent to an activating group) is 1. The summed E-state index contributed by atoms with van der Waals surface area (Å²) in [4.78, 5) is 27.9. The number of hydrogen-bond acceptors (Lipinski definition) is 2. The summed E-state index contributed by atoms with van der Waals surface area (Å²) in [6.45, 7) is 5.03. The largest absolute Gasteiger partial charge is 0.337 e. The van der Waals surface area contributed by atoms with E-state index in [1.165, 1.54) is 6.92 Å². The molecule has 0 aliphatic rings. The monoisotopic (exact) mass is 358 g/mol. The molecule has 0 unspecified atom stereocenters. The summed E-state index contributed by atoms with van der Waals surface area (Å²) >= 11 is 5.89. The average Bonchev–Trinajstić information content (AvgIpc) is 2.61. The van der Waals surface area contributed by atoms with Gasteiger partial charge >= 0.3 is 0 Å². The molecule has 0 aliphatic carbocycles. The molecule has 0 saturated heterocycles. The van der Waals surface area contributed by atoms with E-state index in [-0.39, 0.29) is 18.4 Å². The second kappa shape index (κ2) is 9.23. The van der Waals surface area contributed by atoms with E-state index in [4.69, 9.17) is 11.6 Å². The van der Waals surface area contributed by atoms with Crippen LogP contribution in [0.15, 0.2) is 54.6 Å². The van der Waals surface area contributed by atoms with Crippen molar-refractivity contribution >= 4 is 23.4 Å². The summed E-state index contributed by atoms with van der Waals surface area (Å²) in [6.07, 6.45) is 0. The molecule has 0 fully saturated rings. The Morgan fingerprint density at radius 2 is 1.44 bits per heavy atom. The number of nitrogens with zero attached hydrogens (tertiary/aromatic N) is 2. The van der Waals surface area contributed by atoms with Crippen molar-refractivity contribution in [1.82, 2.24) is 9.80 Å². The van der Waals surface area contributed by atoms with Crippen LogP contribution in [-0.2, 0) is 22.7 Å². The van der Waals surface area contributed by atoms with Crippen molar-refractivity contribution in [3.63, 3.8) is 0 Å². The summed E-state index contributed by atoms with van der Waals surface area (Å²) in [6, 6.07) is 17.1. The molecule has 2 amide bonds. The molecule has 0 spiro atoms. The summed E-state index contributed by atoms with van der Waals surface area (Å²) in [5.74, 6) is -0.186. The highest BCUT2D eigenvalue weighted by atomic mass is 35.5. The Morgan fingerprint density at radius 1 is 0.880 bits per heavy atom. The SMILES string of the molecule is CCN(Cc1ccccc1)C(=O)CN(Cc1ccc(Cl)cc1)C(C)=O. The van der Waals surface area contributed by atoms with Crippen LogP contribution in [0.1, 0.15) is 25.0 Å². The van der Waals surface area contributed by atoms with Gasteiger partial charge in [0, 0.05) is 31.6 Å². The fourth-order valence-corrected chi connectivity index (χ4v) is 2.66. The minimum Gasteiger partial charge on any atom is -0.337 e. The Kier molecular flexibility index (Phi) is 7.02. The molecule has 2 rings (SSSR count). The van der Waals surface area contributed by atoms with Gasteiger partial charge in [-0.25, -0.2) is 0 Å². The molecule has 0 aliphatic heterocycles. The van der Waals surface area contributed by atoms with E-state index < -0.39 is 0 Å². The minimum atomic E-state index is -0.126. The molecular formula is C20H23ClN2O2. The van der Waals surface area contributed by atoms with Crippen molar-refractivity contribution in [3.8, 4) is 0 Å². The van der Waals surface area contributed by atoms with Gasteiger partial charge in [-0.3, -0.25) is 9.59 Å². The molecule has 4 nitrogen and oxygen atoms in total. The molecule has 25 heavy (non-hydrogen) atoms. The Labute approximate surface area is 154 Å². The first-order chi connectivity index (χ1) is 12.0. The lowest BCUT2D eigenvalue weighted by atomic mass is 10.2. The van der Waals surface area contributed by atoms with Gasteiger partial charge in [0.15, 0.2) is 0 Å². The Hall–Kier alpha value is -2.33. The molecule has 0 heterocycles. The van der Waals surface area contributed by atoms with Crippen molar-refractivity contribution in [3.05, 3.63) is 70.7 Å². The first-order valence-electron chi connectivity index (χ1n) is 8.31. The number of halogens is 1. The number of hydrogen-bond donors (Lipinski definition) is 0. The van der Waals surface area contributed by atoms with Crippen LogP contribution in [0, 0.1) is 0 Å². The normalized spacial score (nSPS) is 10.4. The number of carbonyl (C=O) groups is 2. The second-order valence-electron chi connectivity index (χ2n) is 5.90. The predicted octanol–water partition coefficient (Wildman–Crippen LogP) is 3.74. The maximum atomic E-state index is 12.6. The first-order valence-corrected chi connectivity index (χ1v) is 8.69. The van der Waals surface area contributed by atoms with Gasteiger partial charge in [0.25, 0.3) is 0 Å². The zero-order valence-electron chi connectivity index (χ0n) is 14.6. The smallest absolute Gasteiger partial charge is 0.242 e. The number of carbonyl (C=O) groups excluding carboxylic acids is 2. The van der Waals surface area contributed by atoms with E-state index in [2.05, 4.69) is 0 Å². The van der Waals surface area contributed by atoms with Crippen molar-refractivity contribution in [2.45, 2.75) is 26.9 Å². The van der Waals surface area contributed by atoms with Gasteiger partial charge in [0.1, 0.15) is 6.54 Å². The second-order valence-corrected chi connectivity index (χ2v) is 6.33. The number of amides is 2. The fraction of sp³-hybridized carbons (Fsp3) is 0.300. The minimum absolute atomic E-state index is 0.0597. The van der Waals surface area contributed by atoms with E-state index in [0.717, 1.165) is 11.1 Å². The summed E-state index contributed by atoms with van der Waals surface area (Å²) in [5, 5.41) is 0.647. The van der Waals surface area contributed by atoms with Crippen molar-refractivity contribution < 1.29 is 9.59 Å². The summed E-state index contributed by atoms with van der Waals surface area (Å²) < 4.78 is 0. The van der Waals surface area contributed by atoms with Crippen LogP contribution in [-0.4, -0.2) is 34.7 Å². The third kappa shape index (κ3) is 5.91. The molecule has 5 heteroatoms. The Balaban J connectivity index is 2.02. The van der Waals surface area contributed by atoms with Crippen molar-refractivity contribution in [2.24, 2.45) is 0 Å². The van der Waals surface area contributed by atoms with Gasteiger partial charge < -0.3 is 9.80 Å². The van der Waals surface area contributed by atoms with Gasteiger partial charge in [-0.1, -0.05) is 54.1 Å². The highest BCUT2D eigenvalue weighted by Crippen LogP contribution is 2.12. The maximum absolute atomic E-state index is 12.6. The molecule has 0 bridgehead atoms. The fourth-order valence-electron chi connectivity index (χ4n) is 2.53. The number of benzene rings is 2. The molecule has 0 N–H and O–H groups in total. The highest BCUT2D eigenvalue weighted by molar-refractivity contribution is 6.30. The lowest BCUT2D eigenvalue weighted by Crippen LogP contribution is -2.41. The standard InChI is InChI=1S/C20H23ClN2O2/c1-3-22(13-17-7-5-4-6-8-17)20(25)15-23(16(2)24)14-18-9-11-19(21)12-10-18/h4-12H,3,13-15H2,1-2H3. The predicted molar refractivity (Wildman–Crippen MR) is 100 cm³/mol. The van der Waals surface area contributed by atoms with Crippen LogP contribution < -0.4 is 0 Å². The Morgan fingerprint density at radius 3 is 2.00 bits per heavy atom. The van der Waals surface area contributed by atoms with E-state index in [1.54, 1.807) is 21.9 Å². The van der Waals surface area contributed by atoms with Gasteiger partial charge in [-0.05, 0) is 30.2 Å². The molecule has 0 atom stereocenters. The lowest BCUT2D eigenvalue weighted by molar-refractivity contribution is -0.140. The zero-order valence-corrected chi connectivity index (χ0v) is 15.4. The van der Waals surface area contributed by atoms with E-state index in [0.29, 0.717) is 24.7 Å². The van der Waals surface area contributed by atoms with Crippen LogP contribution in [0.4, 0.5) is 0 Å². The Bertz CT molecular complexity index is 701. The summed E-state index contributed by atoms with van der Waals surface area (Å²) in [5.41, 5.74) is 2.02. The van der Waals surface area contributed by atoms with Crippen LogP contribution in [0.25, 0.3) is 0 Å². The molecule has 132 valence electrons. The summed E-state index contributed by atoms with van der Waals surface area (Å²) in [7, 11) is 0. The van der Waals surface area contributed by atoms with Crippen LogP contribution in [0.3, 0.4) is 0 Å². The van der Waals surface area contributed by atoms with E-state index in [1.807, 2.05) is 49.4 Å². The van der Waals surface area contributed by atoms with Crippen LogP contribution in [0.2, 0.25) is 5.02 Å². The average molecular weight is 359 g/mol. The molecule has 0 radical (unpaired) electrons. The first kappa shape index (κ1) is 19.0. The quantitative estimate of drug-likeness (QED) is 0.756. The van der Waals surface area contributed by atoms with Crippen molar-refractivity contribution in [2.75, 3.05) is 13.1 Å². The van der Waals surface area contributed by atoms with Gasteiger partial charge in [0.05, 0.1) is 0 Å². The molecule has 0 aromatic heterocycles. The van der Waals surface area contributed by atoms with Crippen molar-refractivity contribution in [1.29, 1.82) is 0 Å². The molecule has 2 aromatic carbocycles. The third-order valence-electron chi connectivity index (χ3n) is 4.01. The van der Waals surface area contributed by atoms with Crippen LogP contribution >= 0.6 is 11.6 Å². The molecule has 0 saturated carbocycles. The van der Waals surface area contributed by atoms with Gasteiger partial charge in [-0.15, -0.1) is 0 Å². The third-order valence-corrected chi connectivity index (χ3v) is 4.26.